The number of thiophene rings is 1. The molecule has 0 spiro atoms. The third-order valence-corrected chi connectivity index (χ3v) is 5.44. The highest BCUT2D eigenvalue weighted by Crippen LogP contribution is 2.35. The SMILES string of the molecule is COC(=O)C1c2ccsc2CCN1C(=O)c1ccccc1Br. The molecule has 1 aromatic heterocycles. The molecule has 0 N–H and O–H groups in total. The van der Waals surface area contributed by atoms with Crippen LogP contribution in [0, 0.1) is 0 Å². The zero-order valence-electron chi connectivity index (χ0n) is 11.9. The molecule has 22 heavy (non-hydrogen) atoms. The summed E-state index contributed by atoms with van der Waals surface area (Å²) in [6.07, 6.45) is 0.761. The molecule has 0 saturated heterocycles. The van der Waals surface area contributed by atoms with Crippen LogP contribution in [0.25, 0.3) is 0 Å². The third kappa shape index (κ3) is 2.57. The Hall–Kier alpha value is -1.66. The number of carbonyl (C=O) groups is 2. The largest absolute Gasteiger partial charge is 0.467 e. The lowest BCUT2D eigenvalue weighted by Gasteiger charge is -2.34. The smallest absolute Gasteiger partial charge is 0.333 e. The Bertz CT molecular complexity index is 728. The van der Waals surface area contributed by atoms with Crippen LogP contribution in [-0.4, -0.2) is 30.4 Å². The molecular formula is C16H14BrNO3S. The van der Waals surface area contributed by atoms with Gasteiger partial charge in [0.1, 0.15) is 0 Å². The van der Waals surface area contributed by atoms with E-state index < -0.39 is 12.0 Å². The van der Waals surface area contributed by atoms with E-state index in [-0.39, 0.29) is 5.91 Å². The van der Waals surface area contributed by atoms with Crippen molar-refractivity contribution < 1.29 is 14.3 Å². The van der Waals surface area contributed by atoms with Gasteiger partial charge < -0.3 is 9.64 Å². The topological polar surface area (TPSA) is 46.6 Å². The number of hydrogen-bond donors (Lipinski definition) is 0. The van der Waals surface area contributed by atoms with Crippen LogP contribution in [0.5, 0.6) is 0 Å². The van der Waals surface area contributed by atoms with Gasteiger partial charge in [0, 0.05) is 15.9 Å². The van der Waals surface area contributed by atoms with E-state index in [4.69, 9.17) is 4.74 Å². The average molecular weight is 380 g/mol. The van der Waals surface area contributed by atoms with E-state index in [1.165, 1.54) is 7.11 Å². The van der Waals surface area contributed by atoms with Crippen LogP contribution in [0.4, 0.5) is 0 Å². The van der Waals surface area contributed by atoms with Gasteiger partial charge in [-0.1, -0.05) is 12.1 Å². The summed E-state index contributed by atoms with van der Waals surface area (Å²) >= 11 is 5.01. The van der Waals surface area contributed by atoms with Gasteiger partial charge in [-0.2, -0.15) is 0 Å². The molecule has 0 radical (unpaired) electrons. The molecule has 1 unspecified atom stereocenters. The molecule has 114 valence electrons. The highest BCUT2D eigenvalue weighted by atomic mass is 79.9. The van der Waals surface area contributed by atoms with Gasteiger partial charge in [0.25, 0.3) is 5.91 Å². The molecule has 1 aliphatic rings. The Morgan fingerprint density at radius 1 is 1.32 bits per heavy atom. The number of ether oxygens (including phenoxy) is 1. The van der Waals surface area contributed by atoms with E-state index in [0.29, 0.717) is 12.1 Å². The summed E-state index contributed by atoms with van der Waals surface area (Å²) in [5, 5.41) is 1.95. The molecule has 1 atom stereocenters. The van der Waals surface area contributed by atoms with Gasteiger partial charge >= 0.3 is 5.97 Å². The number of halogens is 1. The Morgan fingerprint density at radius 2 is 2.09 bits per heavy atom. The molecule has 1 aliphatic heterocycles. The van der Waals surface area contributed by atoms with Gasteiger partial charge in [-0.15, -0.1) is 11.3 Å². The van der Waals surface area contributed by atoms with Crippen LogP contribution in [0.2, 0.25) is 0 Å². The Labute approximate surface area is 140 Å². The van der Waals surface area contributed by atoms with Crippen molar-refractivity contribution in [1.82, 2.24) is 4.90 Å². The van der Waals surface area contributed by atoms with Gasteiger partial charge in [-0.05, 0) is 51.5 Å². The van der Waals surface area contributed by atoms with Crippen LogP contribution in [-0.2, 0) is 16.0 Å². The minimum atomic E-state index is -0.667. The fourth-order valence-electron chi connectivity index (χ4n) is 2.69. The molecule has 1 aromatic carbocycles. The number of amides is 1. The highest BCUT2D eigenvalue weighted by Gasteiger charge is 2.38. The number of benzene rings is 1. The molecule has 0 saturated carbocycles. The first-order valence-corrected chi connectivity index (χ1v) is 8.50. The first-order chi connectivity index (χ1) is 10.6. The van der Waals surface area contributed by atoms with Gasteiger partial charge in [0.05, 0.1) is 12.7 Å². The first-order valence-electron chi connectivity index (χ1n) is 6.83. The van der Waals surface area contributed by atoms with Gasteiger partial charge in [-0.3, -0.25) is 4.79 Å². The van der Waals surface area contributed by atoms with Crippen molar-refractivity contribution >= 4 is 39.1 Å². The summed E-state index contributed by atoms with van der Waals surface area (Å²) in [6.45, 7) is 0.507. The molecule has 1 amide bonds. The minimum Gasteiger partial charge on any atom is -0.467 e. The monoisotopic (exact) mass is 379 g/mol. The van der Waals surface area contributed by atoms with Crippen molar-refractivity contribution in [3.8, 4) is 0 Å². The maximum absolute atomic E-state index is 12.9. The van der Waals surface area contributed by atoms with Crippen molar-refractivity contribution in [2.75, 3.05) is 13.7 Å². The maximum Gasteiger partial charge on any atom is 0.333 e. The van der Waals surface area contributed by atoms with E-state index in [9.17, 15) is 9.59 Å². The number of esters is 1. The van der Waals surface area contributed by atoms with Crippen LogP contribution in [0.15, 0.2) is 40.2 Å². The van der Waals surface area contributed by atoms with Crippen molar-refractivity contribution in [2.24, 2.45) is 0 Å². The van der Waals surface area contributed by atoms with E-state index in [1.807, 2.05) is 29.6 Å². The molecule has 0 fully saturated rings. The third-order valence-electron chi connectivity index (χ3n) is 3.76. The number of hydrogen-bond acceptors (Lipinski definition) is 4. The lowest BCUT2D eigenvalue weighted by atomic mass is 9.99. The summed E-state index contributed by atoms with van der Waals surface area (Å²) in [6, 6.07) is 8.47. The first kappa shape index (κ1) is 15.2. The lowest BCUT2D eigenvalue weighted by Crippen LogP contribution is -2.43. The van der Waals surface area contributed by atoms with Gasteiger partial charge in [0.2, 0.25) is 0 Å². The van der Waals surface area contributed by atoms with Crippen molar-refractivity contribution in [1.29, 1.82) is 0 Å². The number of rotatable bonds is 2. The lowest BCUT2D eigenvalue weighted by molar-refractivity contribution is -0.146. The quantitative estimate of drug-likeness (QED) is 0.750. The molecule has 6 heteroatoms. The second-order valence-electron chi connectivity index (χ2n) is 4.95. The fourth-order valence-corrected chi connectivity index (χ4v) is 4.05. The molecular weight excluding hydrogens is 366 g/mol. The Morgan fingerprint density at radius 3 is 2.82 bits per heavy atom. The second-order valence-corrected chi connectivity index (χ2v) is 6.81. The van der Waals surface area contributed by atoms with Crippen molar-refractivity contribution in [3.63, 3.8) is 0 Å². The summed E-state index contributed by atoms with van der Waals surface area (Å²) in [7, 11) is 1.35. The van der Waals surface area contributed by atoms with E-state index >= 15 is 0 Å². The molecule has 0 aliphatic carbocycles. The number of carbonyl (C=O) groups excluding carboxylic acids is 2. The summed E-state index contributed by atoms with van der Waals surface area (Å²) < 4.78 is 5.64. The van der Waals surface area contributed by atoms with Crippen molar-refractivity contribution in [3.05, 3.63) is 56.2 Å². The molecule has 3 rings (SSSR count). The van der Waals surface area contributed by atoms with Crippen LogP contribution < -0.4 is 0 Å². The van der Waals surface area contributed by atoms with Crippen LogP contribution in [0.3, 0.4) is 0 Å². The Kier molecular flexibility index (Phi) is 4.31. The number of methoxy groups -OCH3 is 1. The van der Waals surface area contributed by atoms with Crippen LogP contribution in [0.1, 0.15) is 26.8 Å². The predicted molar refractivity (Wildman–Crippen MR) is 88.0 cm³/mol. The summed E-state index contributed by atoms with van der Waals surface area (Å²) in [5.74, 6) is -0.570. The zero-order valence-corrected chi connectivity index (χ0v) is 14.3. The normalized spacial score (nSPS) is 17.0. The standard InChI is InChI=1S/C16H14BrNO3S/c1-21-16(20)14-11-7-9-22-13(11)6-8-18(14)15(19)10-4-2-3-5-12(10)17/h2-5,7,9,14H,6,8H2,1H3. The van der Waals surface area contributed by atoms with Gasteiger partial charge in [-0.25, -0.2) is 4.79 Å². The predicted octanol–water partition coefficient (Wildman–Crippen LogP) is 3.42. The van der Waals surface area contributed by atoms with E-state index in [0.717, 1.165) is 21.3 Å². The summed E-state index contributed by atoms with van der Waals surface area (Å²) in [5.41, 5.74) is 1.43. The van der Waals surface area contributed by atoms with Crippen molar-refractivity contribution in [2.45, 2.75) is 12.5 Å². The Balaban J connectivity index is 2.01. The van der Waals surface area contributed by atoms with Crippen LogP contribution >= 0.6 is 27.3 Å². The van der Waals surface area contributed by atoms with Gasteiger partial charge in [0.15, 0.2) is 6.04 Å². The maximum atomic E-state index is 12.9. The summed E-state index contributed by atoms with van der Waals surface area (Å²) in [4.78, 5) is 27.9. The minimum absolute atomic E-state index is 0.167. The highest BCUT2D eigenvalue weighted by molar-refractivity contribution is 9.10. The van der Waals surface area contributed by atoms with E-state index in [1.54, 1.807) is 22.3 Å². The van der Waals surface area contributed by atoms with E-state index in [2.05, 4.69) is 15.9 Å². The zero-order chi connectivity index (χ0) is 15.7. The number of nitrogens with zero attached hydrogens (tertiary/aromatic N) is 1. The average Bonchev–Trinajstić information content (AvgIpc) is 3.01. The second kappa shape index (κ2) is 6.22. The molecule has 2 aromatic rings. The fraction of sp³-hybridized carbons (Fsp3) is 0.250. The molecule has 2 heterocycles. The number of fused-ring (bicyclic) bond motifs is 1. The molecule has 0 bridgehead atoms. The molecule has 4 nitrogen and oxygen atoms in total.